The van der Waals surface area contributed by atoms with E-state index in [1.165, 1.54) is 0 Å². The summed E-state index contributed by atoms with van der Waals surface area (Å²) in [4.78, 5) is 28.3. The molecule has 0 rings (SSSR count). The molecule has 19 heavy (non-hydrogen) atoms. The number of amides is 1. The second-order valence-electron chi connectivity index (χ2n) is 6.46. The van der Waals surface area contributed by atoms with Crippen LogP contribution in [0, 0.1) is 0 Å². The van der Waals surface area contributed by atoms with Gasteiger partial charge >= 0.3 is 12.1 Å². The second-order valence-corrected chi connectivity index (χ2v) is 6.46. The molecular formula is C13H25NO5. The van der Waals surface area contributed by atoms with E-state index in [2.05, 4.69) is 0 Å². The second kappa shape index (κ2) is 6.23. The van der Waals surface area contributed by atoms with Crippen molar-refractivity contribution in [2.75, 3.05) is 0 Å². The Balaban J connectivity index is 4.95. The molecule has 0 radical (unpaired) electrons. The van der Waals surface area contributed by atoms with Crippen LogP contribution in [-0.4, -0.2) is 39.5 Å². The van der Waals surface area contributed by atoms with Gasteiger partial charge in [-0.2, -0.15) is 5.06 Å². The van der Waals surface area contributed by atoms with Gasteiger partial charge in [0.1, 0.15) is 5.60 Å². The third kappa shape index (κ3) is 8.42. The smallest absolute Gasteiger partial charge is 0.434 e. The number of carboxylic acids is 1. The summed E-state index contributed by atoms with van der Waals surface area (Å²) in [5, 5.41) is 9.81. The topological polar surface area (TPSA) is 76.1 Å². The zero-order chi connectivity index (χ0) is 15.4. The molecule has 6 heteroatoms. The summed E-state index contributed by atoms with van der Waals surface area (Å²) in [5.41, 5.74) is -1.29. The predicted molar refractivity (Wildman–Crippen MR) is 70.6 cm³/mol. The summed E-state index contributed by atoms with van der Waals surface area (Å²) in [6.07, 6.45) is -0.897. The van der Waals surface area contributed by atoms with Crippen LogP contribution in [0.3, 0.4) is 0 Å². The fourth-order valence-corrected chi connectivity index (χ4v) is 1.24. The Bertz CT molecular complexity index is 327. The Morgan fingerprint density at radius 1 is 1.11 bits per heavy atom. The highest BCUT2D eigenvalue weighted by molar-refractivity contribution is 5.70. The zero-order valence-corrected chi connectivity index (χ0v) is 12.8. The van der Waals surface area contributed by atoms with Gasteiger partial charge in [0, 0.05) is 0 Å². The number of carbonyl (C=O) groups is 2. The Morgan fingerprint density at radius 3 is 1.89 bits per heavy atom. The molecule has 0 aliphatic carbocycles. The summed E-state index contributed by atoms with van der Waals surface area (Å²) in [7, 11) is 0. The van der Waals surface area contributed by atoms with Crippen LogP contribution in [0.1, 0.15) is 54.9 Å². The van der Waals surface area contributed by atoms with E-state index in [4.69, 9.17) is 14.7 Å². The molecule has 0 spiro atoms. The van der Waals surface area contributed by atoms with Crippen molar-refractivity contribution in [2.24, 2.45) is 0 Å². The van der Waals surface area contributed by atoms with E-state index >= 15 is 0 Å². The summed E-state index contributed by atoms with van der Waals surface area (Å²) in [5.74, 6) is -1.00. The molecule has 0 aliphatic rings. The SMILES string of the molecule is C[C@H](CC(=O)O)N(OC(C)(C)C)C(=O)OC(C)(C)C. The zero-order valence-electron chi connectivity index (χ0n) is 12.8. The van der Waals surface area contributed by atoms with Crippen molar-refractivity contribution in [1.29, 1.82) is 0 Å². The summed E-state index contributed by atoms with van der Waals surface area (Å²) in [6, 6.07) is -0.619. The Labute approximate surface area is 114 Å². The molecule has 0 saturated carbocycles. The molecule has 0 unspecified atom stereocenters. The Morgan fingerprint density at radius 2 is 1.58 bits per heavy atom. The maximum Gasteiger partial charge on any atom is 0.434 e. The number of hydroxylamine groups is 2. The molecule has 6 nitrogen and oxygen atoms in total. The highest BCUT2D eigenvalue weighted by Gasteiger charge is 2.31. The molecular weight excluding hydrogens is 250 g/mol. The lowest BCUT2D eigenvalue weighted by atomic mass is 10.2. The highest BCUT2D eigenvalue weighted by Crippen LogP contribution is 2.19. The van der Waals surface area contributed by atoms with E-state index in [1.807, 2.05) is 0 Å². The molecule has 0 fully saturated rings. The Hall–Kier alpha value is -1.30. The van der Waals surface area contributed by atoms with E-state index in [-0.39, 0.29) is 6.42 Å². The van der Waals surface area contributed by atoms with Gasteiger partial charge < -0.3 is 9.84 Å². The van der Waals surface area contributed by atoms with E-state index in [0.29, 0.717) is 0 Å². The van der Waals surface area contributed by atoms with Crippen LogP contribution in [0.15, 0.2) is 0 Å². The highest BCUT2D eigenvalue weighted by atomic mass is 16.7. The number of hydrogen-bond acceptors (Lipinski definition) is 4. The van der Waals surface area contributed by atoms with Gasteiger partial charge in [-0.1, -0.05) is 0 Å². The van der Waals surface area contributed by atoms with Crippen molar-refractivity contribution in [3.8, 4) is 0 Å². The maximum atomic E-state index is 12.0. The molecule has 0 aliphatic heterocycles. The van der Waals surface area contributed by atoms with Crippen LogP contribution in [0.25, 0.3) is 0 Å². The van der Waals surface area contributed by atoms with E-state index in [1.54, 1.807) is 48.5 Å². The van der Waals surface area contributed by atoms with E-state index in [0.717, 1.165) is 5.06 Å². The van der Waals surface area contributed by atoms with Crippen LogP contribution in [0.2, 0.25) is 0 Å². The number of ether oxygens (including phenoxy) is 1. The lowest BCUT2D eigenvalue weighted by Gasteiger charge is -2.34. The first kappa shape index (κ1) is 17.7. The summed E-state index contributed by atoms with van der Waals surface area (Å²) < 4.78 is 5.22. The molecule has 0 aromatic rings. The average molecular weight is 275 g/mol. The molecule has 0 aromatic heterocycles. The molecule has 112 valence electrons. The molecule has 1 N–H and O–H groups in total. The largest absolute Gasteiger partial charge is 0.481 e. The number of nitrogens with zero attached hydrogens (tertiary/aromatic N) is 1. The van der Waals surface area contributed by atoms with Crippen LogP contribution in [0.4, 0.5) is 4.79 Å². The van der Waals surface area contributed by atoms with E-state index in [9.17, 15) is 9.59 Å². The van der Waals surface area contributed by atoms with Gasteiger partial charge in [-0.15, -0.1) is 0 Å². The molecule has 0 saturated heterocycles. The first-order chi connectivity index (χ1) is 8.32. The fourth-order valence-electron chi connectivity index (χ4n) is 1.24. The normalized spacial score (nSPS) is 13.8. The van der Waals surface area contributed by atoms with Crippen molar-refractivity contribution in [2.45, 2.75) is 72.1 Å². The monoisotopic (exact) mass is 275 g/mol. The van der Waals surface area contributed by atoms with Gasteiger partial charge in [-0.05, 0) is 48.5 Å². The van der Waals surface area contributed by atoms with Gasteiger partial charge in [0.2, 0.25) is 0 Å². The predicted octanol–water partition coefficient (Wildman–Crippen LogP) is 2.82. The minimum atomic E-state index is -1.00. The molecule has 1 amide bonds. The average Bonchev–Trinajstić information content (AvgIpc) is 2.08. The van der Waals surface area contributed by atoms with Gasteiger partial charge in [0.15, 0.2) is 0 Å². The van der Waals surface area contributed by atoms with E-state index < -0.39 is 29.3 Å². The summed E-state index contributed by atoms with van der Waals surface area (Å²) >= 11 is 0. The standard InChI is InChI=1S/C13H25NO5/c1-9(8-10(15)16)14(19-13(5,6)7)11(17)18-12(2,3)4/h9H,8H2,1-7H3,(H,15,16)/t9-/m1/s1. The number of hydrogen-bond donors (Lipinski definition) is 1. The van der Waals surface area contributed by atoms with Gasteiger partial charge in [0.25, 0.3) is 0 Å². The quantitative estimate of drug-likeness (QED) is 0.798. The van der Waals surface area contributed by atoms with Crippen LogP contribution < -0.4 is 0 Å². The number of carbonyl (C=O) groups excluding carboxylic acids is 1. The summed E-state index contributed by atoms with van der Waals surface area (Å²) in [6.45, 7) is 12.1. The molecule has 0 bridgehead atoms. The molecule has 0 aromatic carbocycles. The fraction of sp³-hybridized carbons (Fsp3) is 0.846. The minimum Gasteiger partial charge on any atom is -0.481 e. The van der Waals surface area contributed by atoms with Crippen molar-refractivity contribution >= 4 is 12.1 Å². The minimum absolute atomic E-state index is 0.213. The van der Waals surface area contributed by atoms with Crippen molar-refractivity contribution in [3.05, 3.63) is 0 Å². The van der Waals surface area contributed by atoms with Crippen molar-refractivity contribution < 1.29 is 24.3 Å². The lowest BCUT2D eigenvalue weighted by Crippen LogP contribution is -2.46. The maximum absolute atomic E-state index is 12.0. The lowest BCUT2D eigenvalue weighted by molar-refractivity contribution is -0.229. The van der Waals surface area contributed by atoms with Crippen molar-refractivity contribution in [1.82, 2.24) is 5.06 Å². The van der Waals surface area contributed by atoms with Gasteiger partial charge in [-0.3, -0.25) is 9.63 Å². The number of aliphatic carboxylic acids is 1. The first-order valence-electron chi connectivity index (χ1n) is 6.25. The third-order valence-corrected chi connectivity index (χ3v) is 1.82. The van der Waals surface area contributed by atoms with Crippen LogP contribution in [-0.2, 0) is 14.4 Å². The van der Waals surface area contributed by atoms with Crippen molar-refractivity contribution in [3.63, 3.8) is 0 Å². The first-order valence-corrected chi connectivity index (χ1v) is 6.25. The van der Waals surface area contributed by atoms with Gasteiger partial charge in [0.05, 0.1) is 18.1 Å². The molecule has 1 atom stereocenters. The number of carboxylic acid groups (broad SMARTS) is 1. The third-order valence-electron chi connectivity index (χ3n) is 1.82. The Kier molecular flexibility index (Phi) is 5.81. The van der Waals surface area contributed by atoms with Gasteiger partial charge in [-0.25, -0.2) is 4.79 Å². The van der Waals surface area contributed by atoms with Crippen LogP contribution >= 0.6 is 0 Å². The molecule has 0 heterocycles. The number of rotatable bonds is 4. The van der Waals surface area contributed by atoms with Crippen LogP contribution in [0.5, 0.6) is 0 Å².